The van der Waals surface area contributed by atoms with E-state index in [-0.39, 0.29) is 18.0 Å². The number of carbonyl (C=O) groups excluding carboxylic acids is 2. The minimum atomic E-state index is -0.497. The second-order valence-electron chi connectivity index (χ2n) is 9.05. The minimum absolute atomic E-state index is 0.0672. The molecule has 2 heterocycles. The van der Waals surface area contributed by atoms with Crippen LogP contribution in [0.15, 0.2) is 18.7 Å². The fraction of sp³-hybridized carbons (Fsp3) is 0.714. The lowest BCUT2D eigenvalue weighted by Crippen LogP contribution is -2.44. The van der Waals surface area contributed by atoms with Crippen LogP contribution in [0.4, 0.5) is 4.79 Å². The quantitative estimate of drug-likeness (QED) is 0.784. The molecule has 2 amide bonds. The molecule has 0 radical (unpaired) electrons. The van der Waals surface area contributed by atoms with Crippen molar-refractivity contribution in [1.82, 2.24) is 25.1 Å². The molecule has 1 atom stereocenters. The predicted octanol–water partition coefficient (Wildman–Crippen LogP) is 2.35. The largest absolute Gasteiger partial charge is 0.444 e. The summed E-state index contributed by atoms with van der Waals surface area (Å²) in [5.74, 6) is 0.0672. The van der Waals surface area contributed by atoms with Crippen molar-refractivity contribution in [2.45, 2.75) is 77.1 Å². The van der Waals surface area contributed by atoms with Crippen molar-refractivity contribution in [3.8, 4) is 0 Å². The van der Waals surface area contributed by atoms with Crippen molar-refractivity contribution < 1.29 is 14.3 Å². The molecule has 0 spiro atoms. The number of nitrogens with zero attached hydrogens (tertiary/aromatic N) is 4. The number of aromatic nitrogens is 2. The first-order valence-corrected chi connectivity index (χ1v) is 10.6. The van der Waals surface area contributed by atoms with Crippen molar-refractivity contribution in [3.63, 3.8) is 0 Å². The van der Waals surface area contributed by atoms with E-state index >= 15 is 0 Å². The van der Waals surface area contributed by atoms with Gasteiger partial charge in [0.05, 0.1) is 6.54 Å². The van der Waals surface area contributed by atoms with Gasteiger partial charge in [-0.05, 0) is 52.9 Å². The first-order chi connectivity index (χ1) is 13.8. The molecule has 1 aliphatic carbocycles. The Morgan fingerprint density at radius 3 is 2.55 bits per heavy atom. The number of carbonyl (C=O) groups is 2. The topological polar surface area (TPSA) is 87.7 Å². The number of hydrogen-bond acceptors (Lipinski definition) is 6. The molecule has 1 aromatic heterocycles. The van der Waals surface area contributed by atoms with Gasteiger partial charge in [-0.25, -0.2) is 14.8 Å². The number of likely N-dealkylation sites (tertiary alicyclic amines) is 1. The maximum Gasteiger partial charge on any atom is 0.410 e. The molecule has 2 aliphatic rings. The van der Waals surface area contributed by atoms with E-state index in [1.54, 1.807) is 17.3 Å². The lowest BCUT2D eigenvalue weighted by atomic mass is 10.1. The van der Waals surface area contributed by atoms with Gasteiger partial charge in [0.2, 0.25) is 5.91 Å². The van der Waals surface area contributed by atoms with Crippen LogP contribution in [0.1, 0.15) is 58.4 Å². The van der Waals surface area contributed by atoms with E-state index in [4.69, 9.17) is 4.74 Å². The first-order valence-electron chi connectivity index (χ1n) is 10.6. The summed E-state index contributed by atoms with van der Waals surface area (Å²) < 4.78 is 5.53. The van der Waals surface area contributed by atoms with Gasteiger partial charge in [-0.1, -0.05) is 0 Å². The molecule has 1 aromatic rings. The fourth-order valence-corrected chi connectivity index (χ4v) is 3.60. The monoisotopic (exact) mass is 403 g/mol. The third-order valence-corrected chi connectivity index (χ3v) is 5.15. The van der Waals surface area contributed by atoms with Gasteiger partial charge in [-0.3, -0.25) is 9.69 Å². The second-order valence-corrected chi connectivity index (χ2v) is 9.05. The summed E-state index contributed by atoms with van der Waals surface area (Å²) in [6, 6.07) is 0.564. The zero-order valence-corrected chi connectivity index (χ0v) is 17.8. The summed E-state index contributed by atoms with van der Waals surface area (Å²) in [5, 5.41) is 3.08. The maximum atomic E-state index is 12.5. The number of amides is 2. The Bertz CT molecular complexity index is 687. The Kier molecular flexibility index (Phi) is 7.05. The number of ether oxygens (including phenoxy) is 1. The van der Waals surface area contributed by atoms with Gasteiger partial charge in [-0.2, -0.15) is 0 Å². The smallest absolute Gasteiger partial charge is 0.410 e. The maximum absolute atomic E-state index is 12.5. The summed E-state index contributed by atoms with van der Waals surface area (Å²) in [6.45, 7) is 7.93. The number of rotatable bonds is 6. The molecule has 1 N–H and O–H groups in total. The van der Waals surface area contributed by atoms with Gasteiger partial charge in [-0.15, -0.1) is 0 Å². The Morgan fingerprint density at radius 1 is 1.17 bits per heavy atom. The fourth-order valence-electron chi connectivity index (χ4n) is 3.60. The Morgan fingerprint density at radius 2 is 1.90 bits per heavy atom. The molecule has 3 rings (SSSR count). The van der Waals surface area contributed by atoms with Crippen LogP contribution in [0, 0.1) is 0 Å². The van der Waals surface area contributed by atoms with Gasteiger partial charge >= 0.3 is 6.09 Å². The highest BCUT2D eigenvalue weighted by Gasteiger charge is 2.30. The van der Waals surface area contributed by atoms with Gasteiger partial charge in [0.1, 0.15) is 11.9 Å². The van der Waals surface area contributed by atoms with Gasteiger partial charge in [0.15, 0.2) is 0 Å². The number of nitrogens with one attached hydrogen (secondary N) is 1. The standard InChI is InChI=1S/C21H33N5O3/c1-21(2,3)29-20(28)25-9-4-5-18(8-10-25)26(13-16-11-22-15-23-12-16)14-19(27)24-17-6-7-17/h11-12,15,17-18H,4-10,13-14H2,1-3H3,(H,24,27). The molecule has 29 heavy (non-hydrogen) atoms. The Labute approximate surface area is 173 Å². The molecular weight excluding hydrogens is 370 g/mol. The third-order valence-electron chi connectivity index (χ3n) is 5.15. The first kappa shape index (κ1) is 21.5. The molecule has 1 saturated heterocycles. The lowest BCUT2D eigenvalue weighted by molar-refractivity contribution is -0.123. The van der Waals surface area contributed by atoms with E-state index < -0.39 is 5.60 Å². The van der Waals surface area contributed by atoms with Crippen molar-refractivity contribution in [1.29, 1.82) is 0 Å². The molecule has 1 saturated carbocycles. The summed E-state index contributed by atoms with van der Waals surface area (Å²) in [7, 11) is 0. The van der Waals surface area contributed by atoms with Crippen LogP contribution in [0.5, 0.6) is 0 Å². The Hall–Kier alpha value is -2.22. The van der Waals surface area contributed by atoms with E-state index in [1.807, 2.05) is 20.8 Å². The molecule has 1 unspecified atom stereocenters. The van der Waals surface area contributed by atoms with Crippen LogP contribution >= 0.6 is 0 Å². The SMILES string of the molecule is CC(C)(C)OC(=O)N1CCCC(N(CC(=O)NC2CC2)Cc2cncnc2)CC1. The predicted molar refractivity (Wildman–Crippen MR) is 109 cm³/mol. The average molecular weight is 404 g/mol. The molecule has 0 bridgehead atoms. The Balaban J connectivity index is 1.62. The van der Waals surface area contributed by atoms with Crippen molar-refractivity contribution in [2.24, 2.45) is 0 Å². The molecule has 8 heteroatoms. The highest BCUT2D eigenvalue weighted by molar-refractivity contribution is 5.78. The van der Waals surface area contributed by atoms with E-state index in [1.165, 1.54) is 6.33 Å². The van der Waals surface area contributed by atoms with E-state index in [9.17, 15) is 9.59 Å². The van der Waals surface area contributed by atoms with E-state index in [0.29, 0.717) is 32.2 Å². The van der Waals surface area contributed by atoms with E-state index in [2.05, 4.69) is 20.2 Å². The van der Waals surface area contributed by atoms with Gasteiger partial charge in [0.25, 0.3) is 0 Å². The van der Waals surface area contributed by atoms with Crippen LogP contribution in [0.2, 0.25) is 0 Å². The van der Waals surface area contributed by atoms with Crippen LogP contribution in [0.25, 0.3) is 0 Å². The van der Waals surface area contributed by atoms with Crippen LogP contribution < -0.4 is 5.32 Å². The normalized spacial score (nSPS) is 20.3. The average Bonchev–Trinajstić information content (AvgIpc) is 3.47. The van der Waals surface area contributed by atoms with Crippen molar-refractivity contribution in [2.75, 3.05) is 19.6 Å². The molecule has 160 valence electrons. The third kappa shape index (κ3) is 7.27. The zero-order chi connectivity index (χ0) is 20.9. The van der Waals surface area contributed by atoms with E-state index in [0.717, 1.165) is 37.7 Å². The molecule has 0 aromatic carbocycles. The van der Waals surface area contributed by atoms with Gasteiger partial charge < -0.3 is 15.0 Å². The van der Waals surface area contributed by atoms with Crippen molar-refractivity contribution >= 4 is 12.0 Å². The van der Waals surface area contributed by atoms with Crippen LogP contribution in [0.3, 0.4) is 0 Å². The highest BCUT2D eigenvalue weighted by atomic mass is 16.6. The molecule has 1 aliphatic heterocycles. The molecule has 8 nitrogen and oxygen atoms in total. The highest BCUT2D eigenvalue weighted by Crippen LogP contribution is 2.22. The van der Waals surface area contributed by atoms with Crippen LogP contribution in [-0.4, -0.2) is 69.1 Å². The van der Waals surface area contributed by atoms with Gasteiger partial charge in [0, 0.05) is 49.7 Å². The lowest BCUT2D eigenvalue weighted by Gasteiger charge is -2.31. The summed E-state index contributed by atoms with van der Waals surface area (Å²) in [4.78, 5) is 37.1. The summed E-state index contributed by atoms with van der Waals surface area (Å²) in [6.07, 6.45) is 9.62. The minimum Gasteiger partial charge on any atom is -0.444 e. The number of hydrogen-bond donors (Lipinski definition) is 1. The molecule has 2 fully saturated rings. The van der Waals surface area contributed by atoms with Crippen LogP contribution in [-0.2, 0) is 16.1 Å². The summed E-state index contributed by atoms with van der Waals surface area (Å²) >= 11 is 0. The van der Waals surface area contributed by atoms with Crippen molar-refractivity contribution in [3.05, 3.63) is 24.3 Å². The summed E-state index contributed by atoms with van der Waals surface area (Å²) in [5.41, 5.74) is 0.489. The second kappa shape index (κ2) is 9.52. The molecular formula is C21H33N5O3. The zero-order valence-electron chi connectivity index (χ0n) is 17.8.